The van der Waals surface area contributed by atoms with Crippen molar-refractivity contribution in [2.45, 2.75) is 84.5 Å². The van der Waals surface area contributed by atoms with Gasteiger partial charge in [-0.2, -0.15) is 0 Å². The molecule has 1 amide bonds. The molecule has 0 radical (unpaired) electrons. The van der Waals surface area contributed by atoms with Crippen LogP contribution >= 0.6 is 10.0 Å². The van der Waals surface area contributed by atoms with Gasteiger partial charge in [0.05, 0.1) is 0 Å². The zero-order valence-electron chi connectivity index (χ0n) is 15.4. The van der Waals surface area contributed by atoms with Gasteiger partial charge in [-0.25, -0.2) is 10.0 Å². The molecule has 0 saturated carbocycles. The molecule has 0 bridgehead atoms. The van der Waals surface area contributed by atoms with Crippen LogP contribution < -0.4 is 5.73 Å². The maximum atomic E-state index is 10.4. The highest BCUT2D eigenvalue weighted by Gasteiger charge is 1.98. The Morgan fingerprint density at radius 1 is 0.762 bits per heavy atom. The van der Waals surface area contributed by atoms with Crippen molar-refractivity contribution >= 4 is 15.9 Å². The lowest BCUT2D eigenvalue weighted by atomic mass is 10.1. The van der Waals surface area contributed by atoms with E-state index >= 15 is 0 Å². The SMILES string of the molecule is CCCCCCCCCCCC(N)=O.CCCS(C)(C)C. The summed E-state index contributed by atoms with van der Waals surface area (Å²) < 4.78 is 0. The summed E-state index contributed by atoms with van der Waals surface area (Å²) in [6, 6.07) is 0. The van der Waals surface area contributed by atoms with E-state index in [1.807, 2.05) is 0 Å². The Bertz CT molecular complexity index is 224. The van der Waals surface area contributed by atoms with E-state index in [0.717, 1.165) is 12.8 Å². The molecule has 0 aliphatic carbocycles. The summed E-state index contributed by atoms with van der Waals surface area (Å²) in [5.41, 5.74) is 5.05. The van der Waals surface area contributed by atoms with Crippen LogP contribution in [0.4, 0.5) is 0 Å². The Labute approximate surface area is 136 Å². The second-order valence-corrected chi connectivity index (χ2v) is 11.4. The first-order valence-corrected chi connectivity index (χ1v) is 11.8. The molecule has 0 saturated heterocycles. The molecular weight excluding hydrogens is 278 g/mol. The van der Waals surface area contributed by atoms with E-state index in [0.29, 0.717) is 6.42 Å². The van der Waals surface area contributed by atoms with E-state index in [2.05, 4.69) is 32.6 Å². The molecule has 0 aromatic rings. The molecule has 0 unspecified atom stereocenters. The lowest BCUT2D eigenvalue weighted by Gasteiger charge is -2.23. The zero-order chi connectivity index (χ0) is 16.6. The smallest absolute Gasteiger partial charge is 0.217 e. The molecule has 0 atom stereocenters. The minimum Gasteiger partial charge on any atom is -0.370 e. The fourth-order valence-electron chi connectivity index (χ4n) is 2.22. The number of hydrogen-bond donors (Lipinski definition) is 1. The van der Waals surface area contributed by atoms with Gasteiger partial charge >= 0.3 is 0 Å². The van der Waals surface area contributed by atoms with Gasteiger partial charge in [0.15, 0.2) is 0 Å². The number of nitrogens with two attached hydrogens (primary N) is 1. The summed E-state index contributed by atoms with van der Waals surface area (Å²) in [5.74, 6) is 1.26. The van der Waals surface area contributed by atoms with Crippen LogP contribution in [0.3, 0.4) is 0 Å². The number of hydrogen-bond acceptors (Lipinski definition) is 1. The molecule has 0 aliphatic heterocycles. The highest BCUT2D eigenvalue weighted by atomic mass is 32.3. The van der Waals surface area contributed by atoms with Crippen molar-refractivity contribution in [2.24, 2.45) is 5.73 Å². The third-order valence-electron chi connectivity index (χ3n) is 3.34. The van der Waals surface area contributed by atoms with Gasteiger partial charge in [-0.05, 0) is 37.4 Å². The molecule has 0 aliphatic rings. The molecule has 0 rings (SSSR count). The van der Waals surface area contributed by atoms with Crippen LogP contribution in [0.1, 0.15) is 84.5 Å². The largest absolute Gasteiger partial charge is 0.370 e. The average molecular weight is 320 g/mol. The maximum Gasteiger partial charge on any atom is 0.217 e. The molecule has 2 nitrogen and oxygen atoms in total. The van der Waals surface area contributed by atoms with E-state index < -0.39 is 0 Å². The Morgan fingerprint density at radius 3 is 1.48 bits per heavy atom. The van der Waals surface area contributed by atoms with Crippen LogP contribution in [0.15, 0.2) is 0 Å². The first kappa shape index (κ1) is 23.1. The van der Waals surface area contributed by atoms with E-state index in [1.165, 1.54) is 57.1 Å². The van der Waals surface area contributed by atoms with E-state index in [9.17, 15) is 4.79 Å². The minimum absolute atomic E-state index is 0.159. The lowest BCUT2D eigenvalue weighted by molar-refractivity contribution is -0.118. The summed E-state index contributed by atoms with van der Waals surface area (Å²) in [5, 5.41) is 0. The summed E-state index contributed by atoms with van der Waals surface area (Å²) in [7, 11) is -0.174. The van der Waals surface area contributed by atoms with Gasteiger partial charge in [0.25, 0.3) is 0 Å². The van der Waals surface area contributed by atoms with Gasteiger partial charge in [0.2, 0.25) is 5.91 Å². The van der Waals surface area contributed by atoms with E-state index in [4.69, 9.17) is 5.73 Å². The number of amides is 1. The van der Waals surface area contributed by atoms with Crippen molar-refractivity contribution in [2.75, 3.05) is 24.5 Å². The molecule has 0 heterocycles. The van der Waals surface area contributed by atoms with Gasteiger partial charge in [0, 0.05) is 6.42 Å². The minimum atomic E-state index is -0.174. The number of carbonyl (C=O) groups excluding carboxylic acids is 1. The normalized spacial score (nSPS) is 11.7. The maximum absolute atomic E-state index is 10.4. The molecule has 0 spiro atoms. The topological polar surface area (TPSA) is 43.1 Å². The number of unbranched alkanes of at least 4 members (excludes halogenated alkanes) is 8. The molecule has 0 aromatic heterocycles. The Morgan fingerprint density at radius 2 is 1.19 bits per heavy atom. The number of carbonyl (C=O) groups is 1. The van der Waals surface area contributed by atoms with Crippen LogP contribution in [0.2, 0.25) is 0 Å². The molecule has 130 valence electrons. The molecule has 0 aromatic carbocycles. The van der Waals surface area contributed by atoms with Gasteiger partial charge < -0.3 is 5.73 Å². The van der Waals surface area contributed by atoms with Crippen LogP contribution in [-0.4, -0.2) is 30.4 Å². The Kier molecular flexibility index (Phi) is 17.8. The number of primary amides is 1. The number of rotatable bonds is 12. The predicted molar refractivity (Wildman–Crippen MR) is 102 cm³/mol. The summed E-state index contributed by atoms with van der Waals surface area (Å²) in [4.78, 5) is 10.4. The zero-order valence-corrected chi connectivity index (χ0v) is 16.2. The summed E-state index contributed by atoms with van der Waals surface area (Å²) in [6.07, 6.45) is 20.5. The van der Waals surface area contributed by atoms with Gasteiger partial charge in [0.1, 0.15) is 0 Å². The monoisotopic (exact) mass is 319 g/mol. The van der Waals surface area contributed by atoms with Crippen molar-refractivity contribution in [1.82, 2.24) is 0 Å². The molecular formula is C18H41NOS. The first-order chi connectivity index (χ1) is 9.83. The van der Waals surface area contributed by atoms with E-state index in [1.54, 1.807) is 0 Å². The van der Waals surface area contributed by atoms with Crippen LogP contribution in [0, 0.1) is 0 Å². The van der Waals surface area contributed by atoms with Crippen molar-refractivity contribution in [3.8, 4) is 0 Å². The predicted octanol–water partition coefficient (Wildman–Crippen LogP) is 5.48. The second-order valence-electron chi connectivity index (χ2n) is 6.84. The van der Waals surface area contributed by atoms with Gasteiger partial charge in [-0.15, -0.1) is 0 Å². The van der Waals surface area contributed by atoms with Gasteiger partial charge in [-0.1, -0.05) is 65.2 Å². The highest BCUT2D eigenvalue weighted by Crippen LogP contribution is 2.34. The first-order valence-electron chi connectivity index (χ1n) is 8.77. The van der Waals surface area contributed by atoms with Crippen LogP contribution in [0.25, 0.3) is 0 Å². The Hall–Kier alpha value is -0.180. The Balaban J connectivity index is 0. The molecule has 21 heavy (non-hydrogen) atoms. The summed E-state index contributed by atoms with van der Waals surface area (Å²) in [6.45, 7) is 4.49. The summed E-state index contributed by atoms with van der Waals surface area (Å²) >= 11 is 0. The van der Waals surface area contributed by atoms with Crippen LogP contribution in [-0.2, 0) is 4.79 Å². The molecule has 2 N–H and O–H groups in total. The van der Waals surface area contributed by atoms with Crippen LogP contribution in [0.5, 0.6) is 0 Å². The fraction of sp³-hybridized carbons (Fsp3) is 0.944. The molecule has 0 fully saturated rings. The van der Waals surface area contributed by atoms with Gasteiger partial charge in [-0.3, -0.25) is 4.79 Å². The average Bonchev–Trinajstić information content (AvgIpc) is 2.36. The second kappa shape index (κ2) is 16.2. The standard InChI is InChI=1S/C12H25NO.C6H16S/c1-2-3-4-5-6-7-8-9-10-11-12(13)14;1-5-6-7(2,3)4/h2-11H2,1H3,(H2,13,14);5-6H2,1-4H3. The third kappa shape index (κ3) is 28.7. The van der Waals surface area contributed by atoms with Crippen molar-refractivity contribution in [3.05, 3.63) is 0 Å². The van der Waals surface area contributed by atoms with Crippen molar-refractivity contribution < 1.29 is 4.79 Å². The van der Waals surface area contributed by atoms with Crippen molar-refractivity contribution in [1.29, 1.82) is 0 Å². The van der Waals surface area contributed by atoms with Crippen molar-refractivity contribution in [3.63, 3.8) is 0 Å². The lowest BCUT2D eigenvalue weighted by Crippen LogP contribution is -2.09. The third-order valence-corrected chi connectivity index (χ3v) is 4.98. The quantitative estimate of drug-likeness (QED) is 0.475. The molecule has 3 heteroatoms. The highest BCUT2D eigenvalue weighted by molar-refractivity contribution is 8.32. The van der Waals surface area contributed by atoms with E-state index in [-0.39, 0.29) is 15.9 Å². The fourth-order valence-corrected chi connectivity index (χ4v) is 3.45.